The minimum atomic E-state index is 0.529. The number of rotatable bonds is 5. The summed E-state index contributed by atoms with van der Waals surface area (Å²) in [5, 5.41) is 13.5. The van der Waals surface area contributed by atoms with Crippen molar-refractivity contribution in [2.24, 2.45) is 0 Å². The zero-order valence-electron chi connectivity index (χ0n) is 27.6. The fourth-order valence-corrected chi connectivity index (χ4v) is 7.12. The summed E-state index contributed by atoms with van der Waals surface area (Å²) >= 11 is 0. The maximum absolute atomic E-state index is 9.42. The van der Waals surface area contributed by atoms with Crippen molar-refractivity contribution in [3.8, 4) is 62.5 Å². The van der Waals surface area contributed by atoms with Gasteiger partial charge >= 0.3 is 0 Å². The minimum Gasteiger partial charge on any atom is -0.456 e. The molecule has 6 nitrogen and oxygen atoms in total. The van der Waals surface area contributed by atoms with Gasteiger partial charge in [-0.1, -0.05) is 115 Å². The number of fused-ring (bicyclic) bond motifs is 6. The van der Waals surface area contributed by atoms with Gasteiger partial charge in [0.1, 0.15) is 22.3 Å². The van der Waals surface area contributed by atoms with Crippen LogP contribution in [0.3, 0.4) is 0 Å². The summed E-state index contributed by atoms with van der Waals surface area (Å²) in [5.41, 5.74) is 10.5. The van der Waals surface area contributed by atoms with E-state index in [0.717, 1.165) is 82.8 Å². The molecule has 242 valence electrons. The first kappa shape index (κ1) is 29.5. The molecule has 0 saturated heterocycles. The Hall–Kier alpha value is -7.36. The lowest BCUT2D eigenvalue weighted by Crippen LogP contribution is -2.00. The summed E-state index contributed by atoms with van der Waals surface area (Å²) in [6.07, 6.45) is 0. The Labute approximate surface area is 297 Å². The Bertz CT molecular complexity index is 3030. The van der Waals surface area contributed by atoms with E-state index in [9.17, 15) is 5.26 Å². The molecule has 3 heterocycles. The van der Waals surface area contributed by atoms with Gasteiger partial charge in [0.15, 0.2) is 17.5 Å². The molecule has 52 heavy (non-hydrogen) atoms. The first-order valence-corrected chi connectivity index (χ1v) is 17.0. The number of para-hydroxylation sites is 1. The SMILES string of the molecule is N#Cc1cccc(-c2ccc(-c3nc(-c4ccc5c(c4)oc4cccc(-c6ccccc6)c45)nc(-c4cccc5oc6ccccc6c45)n3)cc2)c1. The predicted molar refractivity (Wildman–Crippen MR) is 206 cm³/mol. The van der Waals surface area contributed by atoms with E-state index in [1.807, 2.05) is 103 Å². The summed E-state index contributed by atoms with van der Waals surface area (Å²) in [4.78, 5) is 15.2. The molecule has 3 aromatic heterocycles. The first-order valence-electron chi connectivity index (χ1n) is 17.0. The fraction of sp³-hybridized carbons (Fsp3) is 0. The monoisotopic (exact) mass is 666 g/mol. The number of furan rings is 2. The van der Waals surface area contributed by atoms with Crippen molar-refractivity contribution in [3.05, 3.63) is 163 Å². The molecule has 0 aliphatic heterocycles. The van der Waals surface area contributed by atoms with Crippen molar-refractivity contribution in [2.75, 3.05) is 0 Å². The Kier molecular flexibility index (Phi) is 6.76. The molecule has 0 saturated carbocycles. The molecule has 0 aliphatic rings. The van der Waals surface area contributed by atoms with Gasteiger partial charge in [-0.25, -0.2) is 15.0 Å². The zero-order chi connectivity index (χ0) is 34.6. The highest BCUT2D eigenvalue weighted by Crippen LogP contribution is 2.39. The molecule has 0 spiro atoms. The lowest BCUT2D eigenvalue weighted by atomic mass is 9.99. The highest BCUT2D eigenvalue weighted by Gasteiger charge is 2.19. The summed E-state index contributed by atoms with van der Waals surface area (Å²) in [5.74, 6) is 1.61. The van der Waals surface area contributed by atoms with Crippen LogP contribution in [0.5, 0.6) is 0 Å². The van der Waals surface area contributed by atoms with Crippen LogP contribution in [0.15, 0.2) is 167 Å². The maximum Gasteiger partial charge on any atom is 0.164 e. The maximum atomic E-state index is 9.42. The van der Waals surface area contributed by atoms with E-state index < -0.39 is 0 Å². The van der Waals surface area contributed by atoms with Gasteiger partial charge < -0.3 is 8.83 Å². The Morgan fingerprint density at radius 1 is 0.385 bits per heavy atom. The first-order chi connectivity index (χ1) is 25.7. The third kappa shape index (κ3) is 4.92. The Balaban J connectivity index is 1.15. The summed E-state index contributed by atoms with van der Waals surface area (Å²) in [6, 6.07) is 54.6. The van der Waals surface area contributed by atoms with E-state index >= 15 is 0 Å². The molecular weight excluding hydrogens is 641 g/mol. The number of aromatic nitrogens is 3. The summed E-state index contributed by atoms with van der Waals surface area (Å²) in [7, 11) is 0. The van der Waals surface area contributed by atoms with Crippen molar-refractivity contribution in [3.63, 3.8) is 0 Å². The molecule has 0 atom stereocenters. The minimum absolute atomic E-state index is 0.529. The molecule has 0 radical (unpaired) electrons. The van der Waals surface area contributed by atoms with Crippen LogP contribution < -0.4 is 0 Å². The van der Waals surface area contributed by atoms with E-state index in [1.165, 1.54) is 0 Å². The second-order valence-corrected chi connectivity index (χ2v) is 12.7. The number of hydrogen-bond donors (Lipinski definition) is 0. The van der Waals surface area contributed by atoms with E-state index in [2.05, 4.69) is 54.6 Å². The van der Waals surface area contributed by atoms with E-state index in [-0.39, 0.29) is 0 Å². The second-order valence-electron chi connectivity index (χ2n) is 12.7. The van der Waals surface area contributed by atoms with Crippen LogP contribution in [0.2, 0.25) is 0 Å². The van der Waals surface area contributed by atoms with Crippen molar-refractivity contribution in [1.82, 2.24) is 15.0 Å². The van der Waals surface area contributed by atoms with Crippen LogP contribution in [0.4, 0.5) is 0 Å². The average Bonchev–Trinajstić information content (AvgIpc) is 3.79. The lowest BCUT2D eigenvalue weighted by Gasteiger charge is -2.10. The summed E-state index contributed by atoms with van der Waals surface area (Å²) in [6.45, 7) is 0. The fourth-order valence-electron chi connectivity index (χ4n) is 7.12. The largest absolute Gasteiger partial charge is 0.456 e. The topological polar surface area (TPSA) is 88.7 Å². The molecule has 10 aromatic rings. The van der Waals surface area contributed by atoms with Gasteiger partial charge in [0.25, 0.3) is 0 Å². The predicted octanol–water partition coefficient (Wildman–Crippen LogP) is 11.9. The molecule has 0 N–H and O–H groups in total. The summed E-state index contributed by atoms with van der Waals surface area (Å²) < 4.78 is 12.7. The Morgan fingerprint density at radius 2 is 0.962 bits per heavy atom. The smallest absolute Gasteiger partial charge is 0.164 e. The van der Waals surface area contributed by atoms with Crippen molar-refractivity contribution in [2.45, 2.75) is 0 Å². The van der Waals surface area contributed by atoms with Crippen molar-refractivity contribution < 1.29 is 8.83 Å². The quantitative estimate of drug-likeness (QED) is 0.182. The van der Waals surface area contributed by atoms with Crippen LogP contribution >= 0.6 is 0 Å². The van der Waals surface area contributed by atoms with Crippen LogP contribution in [0.1, 0.15) is 5.56 Å². The van der Waals surface area contributed by atoms with E-state index in [1.54, 1.807) is 6.07 Å². The van der Waals surface area contributed by atoms with Gasteiger partial charge in [0, 0.05) is 38.2 Å². The van der Waals surface area contributed by atoms with Crippen LogP contribution in [-0.4, -0.2) is 15.0 Å². The van der Waals surface area contributed by atoms with Gasteiger partial charge in [0.05, 0.1) is 11.6 Å². The van der Waals surface area contributed by atoms with Crippen molar-refractivity contribution >= 4 is 43.9 Å². The second kappa shape index (κ2) is 11.9. The lowest BCUT2D eigenvalue weighted by molar-refractivity contribution is 0.668. The van der Waals surface area contributed by atoms with Gasteiger partial charge in [-0.3, -0.25) is 0 Å². The van der Waals surface area contributed by atoms with E-state index in [4.69, 9.17) is 23.8 Å². The molecule has 0 fully saturated rings. The normalized spacial score (nSPS) is 11.4. The molecule has 0 aliphatic carbocycles. The van der Waals surface area contributed by atoms with Crippen molar-refractivity contribution in [1.29, 1.82) is 5.26 Å². The van der Waals surface area contributed by atoms with Gasteiger partial charge in [-0.15, -0.1) is 0 Å². The number of benzene rings is 7. The number of nitriles is 1. The highest BCUT2D eigenvalue weighted by molar-refractivity contribution is 6.13. The van der Waals surface area contributed by atoms with Crippen LogP contribution in [0, 0.1) is 11.3 Å². The van der Waals surface area contributed by atoms with Gasteiger partial charge in [-0.05, 0) is 64.7 Å². The molecular formula is C46H26N4O2. The van der Waals surface area contributed by atoms with Crippen LogP contribution in [-0.2, 0) is 0 Å². The zero-order valence-corrected chi connectivity index (χ0v) is 27.6. The standard InChI is InChI=1S/C46H26N4O2/c47-27-28-9-6-12-32(25-28)29-19-21-31(22-20-29)44-48-45(50-46(49-44)37-15-8-18-40-43(37)35-13-4-5-16-38(35)51-40)33-23-24-36-41(26-33)52-39-17-7-14-34(42(36)39)30-10-2-1-3-11-30/h1-26H. The number of hydrogen-bond acceptors (Lipinski definition) is 6. The highest BCUT2D eigenvalue weighted by atomic mass is 16.3. The molecule has 0 amide bonds. The van der Waals surface area contributed by atoms with Gasteiger partial charge in [0.2, 0.25) is 0 Å². The molecule has 0 unspecified atom stereocenters. The third-order valence-corrected chi connectivity index (χ3v) is 9.59. The molecule has 6 heteroatoms. The van der Waals surface area contributed by atoms with Crippen LogP contribution in [0.25, 0.3) is 100 Å². The average molecular weight is 667 g/mol. The molecule has 0 bridgehead atoms. The van der Waals surface area contributed by atoms with Gasteiger partial charge in [-0.2, -0.15) is 5.26 Å². The Morgan fingerprint density at radius 3 is 1.77 bits per heavy atom. The molecule has 7 aromatic carbocycles. The molecule has 10 rings (SSSR count). The third-order valence-electron chi connectivity index (χ3n) is 9.59. The number of nitrogens with zero attached hydrogens (tertiary/aromatic N) is 4. The van der Waals surface area contributed by atoms with E-state index in [0.29, 0.717) is 23.0 Å².